The van der Waals surface area contributed by atoms with Gasteiger partial charge in [0.25, 0.3) is 0 Å². The summed E-state index contributed by atoms with van der Waals surface area (Å²) in [6.45, 7) is 5.32. The number of aromatic nitrogens is 2. The van der Waals surface area contributed by atoms with Gasteiger partial charge in [-0.1, -0.05) is 41.9 Å². The second-order valence-electron chi connectivity index (χ2n) is 12.5. The first-order valence-electron chi connectivity index (χ1n) is 15.5. The first kappa shape index (κ1) is 39.9. The number of carbonyl (C=O) groups excluding carboxylic acids is 2. The molecule has 51 heavy (non-hydrogen) atoms. The molecule has 0 aliphatic carbocycles. The number of carbonyl (C=O) groups is 2. The maximum atomic E-state index is 14.3. The van der Waals surface area contributed by atoms with Crippen molar-refractivity contribution in [3.05, 3.63) is 105 Å². The molecule has 0 fully saturated rings. The number of pyridine rings is 1. The Labute approximate surface area is 315 Å². The van der Waals surface area contributed by atoms with Crippen molar-refractivity contribution in [2.24, 2.45) is 0 Å². The van der Waals surface area contributed by atoms with Gasteiger partial charge in [0.05, 0.1) is 49.8 Å². The highest BCUT2D eigenvalue weighted by molar-refractivity contribution is 9.11. The van der Waals surface area contributed by atoms with E-state index in [1.165, 1.54) is 34.2 Å². The Morgan fingerprint density at radius 1 is 1.06 bits per heavy atom. The van der Waals surface area contributed by atoms with Gasteiger partial charge in [-0.2, -0.15) is 13.2 Å². The van der Waals surface area contributed by atoms with Gasteiger partial charge < -0.3 is 19.3 Å². The Hall–Kier alpha value is -3.88. The Balaban J connectivity index is 1.73. The molecule has 272 valence electrons. The van der Waals surface area contributed by atoms with Gasteiger partial charge >= 0.3 is 12.3 Å². The van der Waals surface area contributed by atoms with E-state index in [4.69, 9.17) is 21.1 Å². The fraction of sp³-hybridized carbons (Fsp3) is 0.306. The monoisotopic (exact) mass is 856 g/mol. The fourth-order valence-corrected chi connectivity index (χ4v) is 6.86. The number of rotatable bonds is 11. The molecule has 0 radical (unpaired) electrons. The largest absolute Gasteiger partial charge is 0.476 e. The van der Waals surface area contributed by atoms with Crippen LogP contribution in [0.25, 0.3) is 22.0 Å². The van der Waals surface area contributed by atoms with Gasteiger partial charge in [0.15, 0.2) is 0 Å². The normalized spacial score (nSPS) is 12.6. The number of ether oxygens (including phenoxy) is 2. The predicted molar refractivity (Wildman–Crippen MR) is 197 cm³/mol. The minimum absolute atomic E-state index is 0.000982. The first-order chi connectivity index (χ1) is 23.9. The molecular formula is C36H35Br2ClF4N4O4. The Kier molecular flexibility index (Phi) is 13.0. The SMILES string of the molecule is CN(C)C(=O)/C=C/CN(CCOc1ccc(/C(=C(/CC(F)(F)F)c2ccc(F)cc2Cl)c2c(Br)c3ccccc3n2Br)cn1)C(=O)OC(C)(C)C. The smallest absolute Gasteiger partial charge is 0.410 e. The number of hydrogen-bond donors (Lipinski definition) is 0. The summed E-state index contributed by atoms with van der Waals surface area (Å²) >= 11 is 13.5. The van der Waals surface area contributed by atoms with Crippen LogP contribution in [0.2, 0.25) is 5.02 Å². The van der Waals surface area contributed by atoms with Crippen LogP contribution >= 0.6 is 43.7 Å². The van der Waals surface area contributed by atoms with Crippen molar-refractivity contribution in [2.75, 3.05) is 33.8 Å². The Morgan fingerprint density at radius 2 is 1.76 bits per heavy atom. The molecule has 2 heterocycles. The van der Waals surface area contributed by atoms with E-state index in [9.17, 15) is 27.2 Å². The molecule has 4 rings (SSSR count). The van der Waals surface area contributed by atoms with Crippen molar-refractivity contribution in [2.45, 2.75) is 39.0 Å². The quantitative estimate of drug-likeness (QED) is 0.111. The summed E-state index contributed by atoms with van der Waals surface area (Å²) < 4.78 is 70.4. The maximum absolute atomic E-state index is 14.3. The molecular weight excluding hydrogens is 824 g/mol. The van der Waals surface area contributed by atoms with Crippen LogP contribution in [-0.4, -0.2) is 75.9 Å². The summed E-state index contributed by atoms with van der Waals surface area (Å²) in [7, 11) is 3.22. The van der Waals surface area contributed by atoms with Crippen molar-refractivity contribution in [1.29, 1.82) is 0 Å². The van der Waals surface area contributed by atoms with Crippen molar-refractivity contribution in [3.8, 4) is 5.88 Å². The van der Waals surface area contributed by atoms with E-state index in [-0.39, 0.29) is 58.8 Å². The summed E-state index contributed by atoms with van der Waals surface area (Å²) in [5.74, 6) is -0.810. The topological polar surface area (TPSA) is 76.9 Å². The summed E-state index contributed by atoms with van der Waals surface area (Å²) in [4.78, 5) is 32.0. The molecule has 0 saturated heterocycles. The minimum Gasteiger partial charge on any atom is -0.476 e. The fourth-order valence-electron chi connectivity index (χ4n) is 4.97. The molecule has 0 atom stereocenters. The molecule has 2 aromatic carbocycles. The second-order valence-corrected chi connectivity index (χ2v) is 14.4. The highest BCUT2D eigenvalue weighted by Gasteiger charge is 2.34. The van der Waals surface area contributed by atoms with Crippen LogP contribution in [0, 0.1) is 5.82 Å². The summed E-state index contributed by atoms with van der Waals surface area (Å²) in [5.41, 5.74) is 0.477. The molecule has 0 saturated carbocycles. The van der Waals surface area contributed by atoms with Crippen molar-refractivity contribution in [1.82, 2.24) is 18.4 Å². The van der Waals surface area contributed by atoms with Crippen LogP contribution in [0.1, 0.15) is 44.0 Å². The highest BCUT2D eigenvalue weighted by atomic mass is 79.9. The van der Waals surface area contributed by atoms with Crippen LogP contribution in [0.5, 0.6) is 5.88 Å². The standard InChI is InChI=1S/C36H35Br2ClF4N4O4/c1-35(2,3)51-34(49)46(16-8-11-30(48)45(4)5)17-18-50-29-15-12-22(21-44-29)31(33-32(37)25-9-6-7-10-28(25)47(33)38)26(20-36(41,42)43)24-14-13-23(40)19-27(24)39/h6-15,19,21H,16-18,20H2,1-5H3/b11-8+,31-26+. The number of nitrogens with zero attached hydrogens (tertiary/aromatic N) is 4. The van der Waals surface area contributed by atoms with E-state index in [0.29, 0.717) is 15.7 Å². The average Bonchev–Trinajstić information content (AvgIpc) is 3.28. The first-order valence-corrected chi connectivity index (χ1v) is 17.4. The third-order valence-corrected chi connectivity index (χ3v) is 9.10. The van der Waals surface area contributed by atoms with Crippen LogP contribution in [0.4, 0.5) is 22.4 Å². The predicted octanol–water partition coefficient (Wildman–Crippen LogP) is 9.92. The second kappa shape index (κ2) is 16.6. The lowest BCUT2D eigenvalue weighted by atomic mass is 9.90. The van der Waals surface area contributed by atoms with Gasteiger partial charge in [0.2, 0.25) is 11.8 Å². The number of likely N-dealkylation sites (N-methyl/N-ethyl adjacent to an activating group) is 1. The van der Waals surface area contributed by atoms with Gasteiger partial charge in [-0.15, -0.1) is 0 Å². The summed E-state index contributed by atoms with van der Waals surface area (Å²) in [5, 5.41) is 0.533. The van der Waals surface area contributed by atoms with Gasteiger partial charge in [-0.25, -0.2) is 14.2 Å². The van der Waals surface area contributed by atoms with Crippen LogP contribution in [0.15, 0.2) is 77.4 Å². The lowest BCUT2D eigenvalue weighted by Crippen LogP contribution is -2.39. The number of halogens is 7. The summed E-state index contributed by atoms with van der Waals surface area (Å²) in [6, 6.07) is 13.5. The third kappa shape index (κ3) is 10.6. The van der Waals surface area contributed by atoms with Crippen molar-refractivity contribution < 1.29 is 36.6 Å². The van der Waals surface area contributed by atoms with Crippen LogP contribution in [0.3, 0.4) is 0 Å². The van der Waals surface area contributed by atoms with E-state index in [0.717, 1.165) is 17.5 Å². The molecule has 0 N–H and O–H groups in total. The zero-order valence-electron chi connectivity index (χ0n) is 28.3. The molecule has 15 heteroatoms. The number of alkyl halides is 3. The van der Waals surface area contributed by atoms with Crippen LogP contribution < -0.4 is 4.74 Å². The van der Waals surface area contributed by atoms with E-state index in [1.807, 2.05) is 6.07 Å². The molecule has 0 aliphatic rings. The summed E-state index contributed by atoms with van der Waals surface area (Å²) in [6.07, 6.45) is -2.41. The zero-order valence-corrected chi connectivity index (χ0v) is 32.3. The third-order valence-electron chi connectivity index (χ3n) is 7.24. The molecule has 0 unspecified atom stereocenters. The van der Waals surface area contributed by atoms with E-state index in [1.54, 1.807) is 68.8 Å². The minimum atomic E-state index is -4.67. The lowest BCUT2D eigenvalue weighted by molar-refractivity contribution is -0.124. The number of benzene rings is 2. The van der Waals surface area contributed by atoms with Gasteiger partial charge in [-0.05, 0) is 72.1 Å². The lowest BCUT2D eigenvalue weighted by Gasteiger charge is -2.26. The zero-order chi connectivity index (χ0) is 37.7. The molecule has 8 nitrogen and oxygen atoms in total. The van der Waals surface area contributed by atoms with Gasteiger partial charge in [0, 0.05) is 55.5 Å². The number of para-hydroxylation sites is 1. The van der Waals surface area contributed by atoms with Gasteiger partial charge in [0.1, 0.15) is 18.0 Å². The molecule has 0 bridgehead atoms. The molecule has 0 aliphatic heterocycles. The molecule has 4 aromatic rings. The van der Waals surface area contributed by atoms with Crippen molar-refractivity contribution >= 4 is 77.7 Å². The number of allylic oxidation sites excluding steroid dienone is 1. The van der Waals surface area contributed by atoms with Crippen LogP contribution in [-0.2, 0) is 9.53 Å². The van der Waals surface area contributed by atoms with Gasteiger partial charge in [-0.3, -0.25) is 8.39 Å². The Bertz CT molecular complexity index is 1920. The Morgan fingerprint density at radius 3 is 2.35 bits per heavy atom. The number of hydrogen-bond acceptors (Lipinski definition) is 5. The van der Waals surface area contributed by atoms with E-state index < -0.39 is 30.1 Å². The number of amides is 2. The molecule has 2 amide bonds. The van der Waals surface area contributed by atoms with E-state index >= 15 is 0 Å². The maximum Gasteiger partial charge on any atom is 0.410 e. The average molecular weight is 859 g/mol. The molecule has 2 aromatic heterocycles. The van der Waals surface area contributed by atoms with Crippen molar-refractivity contribution in [3.63, 3.8) is 0 Å². The highest BCUT2D eigenvalue weighted by Crippen LogP contribution is 2.46. The number of fused-ring (bicyclic) bond motifs is 1. The van der Waals surface area contributed by atoms with E-state index in [2.05, 4.69) is 37.1 Å². The molecule has 0 spiro atoms.